The van der Waals surface area contributed by atoms with E-state index in [1.54, 1.807) is 24.4 Å². The van der Waals surface area contributed by atoms with Crippen LogP contribution in [0.2, 0.25) is 0 Å². The van der Waals surface area contributed by atoms with Gasteiger partial charge < -0.3 is 5.11 Å². The Bertz CT molecular complexity index is 783. The standard InChI is InChI=1S/C13H11N5OS/c1-2-11-16-18-13(20-11)17-15-9-5-6-10(19)12-8(9)4-3-7-14-12/h3-7,19H,2H2,1H3. The maximum atomic E-state index is 9.76. The van der Waals surface area contributed by atoms with Crippen LogP contribution in [0.1, 0.15) is 11.9 Å². The number of nitrogens with zero attached hydrogens (tertiary/aromatic N) is 5. The lowest BCUT2D eigenvalue weighted by molar-refractivity contribution is 0.480. The third kappa shape index (κ3) is 2.35. The van der Waals surface area contributed by atoms with Crippen molar-refractivity contribution in [3.05, 3.63) is 35.5 Å². The average molecular weight is 285 g/mol. The number of hydrogen-bond acceptors (Lipinski definition) is 7. The Morgan fingerprint density at radius 1 is 1.20 bits per heavy atom. The number of benzene rings is 1. The molecule has 7 heteroatoms. The minimum absolute atomic E-state index is 0.128. The van der Waals surface area contributed by atoms with Crippen LogP contribution in [0.5, 0.6) is 5.75 Å². The highest BCUT2D eigenvalue weighted by atomic mass is 32.1. The second kappa shape index (κ2) is 5.30. The fraction of sp³-hybridized carbons (Fsp3) is 0.154. The fourth-order valence-corrected chi connectivity index (χ4v) is 2.35. The average Bonchev–Trinajstić information content (AvgIpc) is 2.95. The van der Waals surface area contributed by atoms with Crippen molar-refractivity contribution in [1.29, 1.82) is 0 Å². The Hall–Kier alpha value is -2.41. The first-order chi connectivity index (χ1) is 9.78. The van der Waals surface area contributed by atoms with Crippen molar-refractivity contribution in [3.8, 4) is 5.75 Å². The summed E-state index contributed by atoms with van der Waals surface area (Å²) in [6.07, 6.45) is 2.46. The van der Waals surface area contributed by atoms with E-state index in [2.05, 4.69) is 25.4 Å². The Labute approximate surface area is 118 Å². The molecule has 3 rings (SSSR count). The lowest BCUT2D eigenvalue weighted by atomic mass is 10.2. The molecule has 1 aromatic carbocycles. The highest BCUT2D eigenvalue weighted by Crippen LogP contribution is 2.32. The number of phenolic OH excluding ortho intramolecular Hbond substituents is 1. The number of phenols is 1. The van der Waals surface area contributed by atoms with Gasteiger partial charge in [0.25, 0.3) is 5.13 Å². The van der Waals surface area contributed by atoms with Crippen molar-refractivity contribution in [2.75, 3.05) is 0 Å². The van der Waals surface area contributed by atoms with Crippen LogP contribution in [0.4, 0.5) is 10.8 Å². The largest absolute Gasteiger partial charge is 0.506 e. The van der Waals surface area contributed by atoms with Crippen LogP contribution in [0, 0.1) is 0 Å². The van der Waals surface area contributed by atoms with E-state index in [0.717, 1.165) is 16.8 Å². The van der Waals surface area contributed by atoms with Gasteiger partial charge >= 0.3 is 0 Å². The summed E-state index contributed by atoms with van der Waals surface area (Å²) in [6, 6.07) is 6.89. The van der Waals surface area contributed by atoms with Gasteiger partial charge in [-0.15, -0.1) is 20.4 Å². The summed E-state index contributed by atoms with van der Waals surface area (Å²) >= 11 is 1.41. The molecule has 0 spiro atoms. The second-order valence-corrected chi connectivity index (χ2v) is 5.08. The normalized spacial score (nSPS) is 11.4. The molecule has 0 radical (unpaired) electrons. The molecule has 0 aliphatic heterocycles. The summed E-state index contributed by atoms with van der Waals surface area (Å²) in [4.78, 5) is 4.14. The van der Waals surface area contributed by atoms with E-state index < -0.39 is 0 Å². The minimum Gasteiger partial charge on any atom is -0.506 e. The van der Waals surface area contributed by atoms with Crippen molar-refractivity contribution in [2.24, 2.45) is 10.2 Å². The number of aromatic nitrogens is 3. The zero-order chi connectivity index (χ0) is 13.9. The molecule has 20 heavy (non-hydrogen) atoms. The summed E-state index contributed by atoms with van der Waals surface area (Å²) in [5.41, 5.74) is 1.15. The summed E-state index contributed by atoms with van der Waals surface area (Å²) in [6.45, 7) is 2.01. The second-order valence-electron chi connectivity index (χ2n) is 4.04. The van der Waals surface area contributed by atoms with Crippen LogP contribution in [-0.2, 0) is 6.42 Å². The molecule has 0 saturated carbocycles. The number of fused-ring (bicyclic) bond motifs is 1. The van der Waals surface area contributed by atoms with Crippen LogP contribution in [0.3, 0.4) is 0 Å². The zero-order valence-corrected chi connectivity index (χ0v) is 11.5. The SMILES string of the molecule is CCc1nnc(N=Nc2ccc(O)c3ncccc23)s1. The molecule has 100 valence electrons. The first-order valence-corrected chi connectivity index (χ1v) is 6.90. The number of hydrogen-bond donors (Lipinski definition) is 1. The Balaban J connectivity index is 2.00. The van der Waals surface area contributed by atoms with Crippen molar-refractivity contribution < 1.29 is 5.11 Å². The van der Waals surface area contributed by atoms with E-state index >= 15 is 0 Å². The van der Waals surface area contributed by atoms with Gasteiger partial charge in [0, 0.05) is 11.6 Å². The molecule has 0 fully saturated rings. The lowest BCUT2D eigenvalue weighted by Crippen LogP contribution is -1.79. The van der Waals surface area contributed by atoms with Gasteiger partial charge in [-0.25, -0.2) is 0 Å². The van der Waals surface area contributed by atoms with Gasteiger partial charge in [-0.3, -0.25) is 4.98 Å². The molecule has 0 atom stereocenters. The predicted molar refractivity (Wildman–Crippen MR) is 76.9 cm³/mol. The van der Waals surface area contributed by atoms with E-state index in [-0.39, 0.29) is 5.75 Å². The van der Waals surface area contributed by atoms with Gasteiger partial charge in [0.05, 0.1) is 5.69 Å². The topological polar surface area (TPSA) is 83.6 Å². The van der Waals surface area contributed by atoms with Crippen LogP contribution in [0.25, 0.3) is 10.9 Å². The maximum absolute atomic E-state index is 9.76. The van der Waals surface area contributed by atoms with Crippen LogP contribution in [-0.4, -0.2) is 20.3 Å². The van der Waals surface area contributed by atoms with Gasteiger partial charge in [0.1, 0.15) is 16.3 Å². The van der Waals surface area contributed by atoms with Crippen molar-refractivity contribution >= 4 is 33.1 Å². The Kier molecular flexibility index (Phi) is 3.34. The number of rotatable bonds is 3. The molecule has 0 bridgehead atoms. The quantitative estimate of drug-likeness (QED) is 0.742. The molecule has 3 aromatic rings. The molecule has 0 unspecified atom stereocenters. The van der Waals surface area contributed by atoms with Crippen molar-refractivity contribution in [3.63, 3.8) is 0 Å². The van der Waals surface area contributed by atoms with Gasteiger partial charge in [0.2, 0.25) is 0 Å². The molecule has 2 heterocycles. The Morgan fingerprint density at radius 3 is 2.90 bits per heavy atom. The van der Waals surface area contributed by atoms with Crippen molar-refractivity contribution in [1.82, 2.24) is 15.2 Å². The summed E-state index contributed by atoms with van der Waals surface area (Å²) < 4.78 is 0. The smallest absolute Gasteiger partial charge is 0.251 e. The van der Waals surface area contributed by atoms with Gasteiger partial charge in [-0.2, -0.15) is 0 Å². The highest BCUT2D eigenvalue weighted by Gasteiger charge is 2.06. The van der Waals surface area contributed by atoms with Crippen LogP contribution in [0.15, 0.2) is 40.7 Å². The molecule has 2 aromatic heterocycles. The van der Waals surface area contributed by atoms with Crippen LogP contribution >= 0.6 is 11.3 Å². The molecule has 6 nitrogen and oxygen atoms in total. The summed E-state index contributed by atoms with van der Waals surface area (Å²) in [7, 11) is 0. The molecule has 0 aliphatic rings. The molecular formula is C13H11N5OS. The molecular weight excluding hydrogens is 274 g/mol. The molecule has 0 saturated heterocycles. The highest BCUT2D eigenvalue weighted by molar-refractivity contribution is 7.14. The van der Waals surface area contributed by atoms with Crippen LogP contribution < -0.4 is 0 Å². The van der Waals surface area contributed by atoms with E-state index in [4.69, 9.17) is 0 Å². The predicted octanol–water partition coefficient (Wildman–Crippen LogP) is 3.77. The monoisotopic (exact) mass is 285 g/mol. The van der Waals surface area contributed by atoms with Gasteiger partial charge in [-0.05, 0) is 30.7 Å². The third-order valence-corrected chi connectivity index (χ3v) is 3.68. The molecule has 1 N–H and O–H groups in total. The first kappa shape index (κ1) is 12.6. The van der Waals surface area contributed by atoms with E-state index in [9.17, 15) is 5.11 Å². The zero-order valence-electron chi connectivity index (χ0n) is 10.7. The number of aromatic hydroxyl groups is 1. The molecule has 0 aliphatic carbocycles. The van der Waals surface area contributed by atoms with Gasteiger partial charge in [0.15, 0.2) is 0 Å². The van der Waals surface area contributed by atoms with Crippen molar-refractivity contribution in [2.45, 2.75) is 13.3 Å². The van der Waals surface area contributed by atoms with E-state index in [1.807, 2.05) is 13.0 Å². The van der Waals surface area contributed by atoms with E-state index in [0.29, 0.717) is 16.3 Å². The van der Waals surface area contributed by atoms with Gasteiger partial charge in [-0.1, -0.05) is 18.3 Å². The summed E-state index contributed by atoms with van der Waals surface area (Å²) in [5, 5.41) is 28.1. The first-order valence-electron chi connectivity index (χ1n) is 6.08. The fourth-order valence-electron chi connectivity index (χ4n) is 1.75. The number of aryl methyl sites for hydroxylation is 1. The Morgan fingerprint density at radius 2 is 2.10 bits per heavy atom. The summed E-state index contributed by atoms with van der Waals surface area (Å²) in [5.74, 6) is 0.128. The maximum Gasteiger partial charge on any atom is 0.251 e. The van der Waals surface area contributed by atoms with E-state index in [1.165, 1.54) is 11.3 Å². The third-order valence-electron chi connectivity index (χ3n) is 2.73. The lowest BCUT2D eigenvalue weighted by Gasteiger charge is -2.01. The minimum atomic E-state index is 0.128. The number of pyridine rings is 1. The molecule has 0 amide bonds. The number of azo groups is 1.